The number of anilines is 1. The van der Waals surface area contributed by atoms with Gasteiger partial charge in [0.25, 0.3) is 0 Å². The third-order valence-electron chi connectivity index (χ3n) is 6.13. The van der Waals surface area contributed by atoms with Gasteiger partial charge < -0.3 is 4.74 Å². The van der Waals surface area contributed by atoms with Gasteiger partial charge >= 0.3 is 0 Å². The molecule has 7 heteroatoms. The Morgan fingerprint density at radius 1 is 0.821 bits per heavy atom. The molecule has 6 atom stereocenters. The van der Waals surface area contributed by atoms with E-state index in [1.807, 2.05) is 0 Å². The summed E-state index contributed by atoms with van der Waals surface area (Å²) in [5, 5.41) is 0.643. The second-order valence-electron chi connectivity index (χ2n) is 7.57. The molecule has 2 amide bonds. The number of benzene rings is 2. The Morgan fingerprint density at radius 2 is 1.29 bits per heavy atom. The number of fused-ring (bicyclic) bond motifs is 5. The number of halogens is 3. The van der Waals surface area contributed by atoms with Crippen molar-refractivity contribution in [3.8, 4) is 11.5 Å². The maximum atomic E-state index is 13.1. The van der Waals surface area contributed by atoms with Crippen LogP contribution in [0.3, 0.4) is 0 Å². The Kier molecular flexibility index (Phi) is 4.56. The summed E-state index contributed by atoms with van der Waals surface area (Å²) in [6.07, 6.45) is 0.931. The minimum absolute atomic E-state index is 0.0716. The first kappa shape index (κ1) is 18.6. The Labute approximate surface area is 184 Å². The summed E-state index contributed by atoms with van der Waals surface area (Å²) in [5.74, 6) is 1.17. The van der Waals surface area contributed by atoms with Crippen LogP contribution < -0.4 is 9.64 Å². The molecule has 4 nitrogen and oxygen atoms in total. The summed E-state index contributed by atoms with van der Waals surface area (Å²) in [5.41, 5.74) is 0.601. The van der Waals surface area contributed by atoms with E-state index in [2.05, 4.69) is 31.9 Å². The third-order valence-corrected chi connectivity index (χ3v) is 9.59. The first-order chi connectivity index (χ1) is 13.5. The summed E-state index contributed by atoms with van der Waals surface area (Å²) in [6, 6.07) is 14.2. The van der Waals surface area contributed by atoms with Crippen molar-refractivity contribution >= 4 is 61.0 Å². The standard InChI is InChI=1S/C21H16Br2ClNO3/c22-18-14-9-15(19(18)23)17-16(14)20(26)25(21(17)27)11-3-7-13(8-4-11)28-12-5-1-10(24)2-6-12/h1-8,14-19H,9H2/t14-,15-,16-,17-,18-,19+/m1/s1. The minimum atomic E-state index is -0.208. The van der Waals surface area contributed by atoms with E-state index in [4.69, 9.17) is 16.3 Å². The van der Waals surface area contributed by atoms with Crippen LogP contribution in [0.2, 0.25) is 5.02 Å². The van der Waals surface area contributed by atoms with Gasteiger partial charge in [-0.25, -0.2) is 0 Å². The highest BCUT2D eigenvalue weighted by molar-refractivity contribution is 9.12. The van der Waals surface area contributed by atoms with Crippen molar-refractivity contribution in [3.05, 3.63) is 53.6 Å². The first-order valence-electron chi connectivity index (χ1n) is 9.15. The van der Waals surface area contributed by atoms with Crippen LogP contribution in [0, 0.1) is 23.7 Å². The van der Waals surface area contributed by atoms with Crippen LogP contribution >= 0.6 is 43.5 Å². The fraction of sp³-hybridized carbons (Fsp3) is 0.333. The molecule has 2 bridgehead atoms. The van der Waals surface area contributed by atoms with Crippen LogP contribution in [0.1, 0.15) is 6.42 Å². The lowest BCUT2D eigenvalue weighted by atomic mass is 9.81. The maximum absolute atomic E-state index is 13.1. The van der Waals surface area contributed by atoms with Gasteiger partial charge in [-0.15, -0.1) is 0 Å². The molecule has 2 aliphatic carbocycles. The van der Waals surface area contributed by atoms with Crippen LogP contribution in [0.25, 0.3) is 0 Å². The number of hydrogen-bond donors (Lipinski definition) is 0. The van der Waals surface area contributed by atoms with Crippen molar-refractivity contribution in [2.45, 2.75) is 16.1 Å². The predicted octanol–water partition coefficient (Wildman–Crippen LogP) is 5.41. The number of carbonyl (C=O) groups is 2. The van der Waals surface area contributed by atoms with Crippen LogP contribution in [-0.4, -0.2) is 21.5 Å². The number of carbonyl (C=O) groups excluding carboxylic acids is 2. The van der Waals surface area contributed by atoms with E-state index in [1.54, 1.807) is 48.5 Å². The van der Waals surface area contributed by atoms with Crippen LogP contribution in [-0.2, 0) is 9.59 Å². The number of rotatable bonds is 3. The van der Waals surface area contributed by atoms with E-state index in [-0.39, 0.29) is 45.1 Å². The van der Waals surface area contributed by atoms with E-state index < -0.39 is 0 Å². The van der Waals surface area contributed by atoms with Gasteiger partial charge in [0, 0.05) is 14.7 Å². The van der Waals surface area contributed by atoms with Gasteiger partial charge in [0.15, 0.2) is 0 Å². The molecule has 1 saturated heterocycles. The normalized spacial score (nSPS) is 33.5. The number of hydrogen-bond acceptors (Lipinski definition) is 3. The molecule has 0 aromatic heterocycles. The summed E-state index contributed by atoms with van der Waals surface area (Å²) in [4.78, 5) is 28.0. The quantitative estimate of drug-likeness (QED) is 0.398. The van der Waals surface area contributed by atoms with Gasteiger partial charge in [0.05, 0.1) is 17.5 Å². The average Bonchev–Trinajstić information content (AvgIpc) is 3.29. The Bertz CT molecular complexity index is 917. The average molecular weight is 526 g/mol. The highest BCUT2D eigenvalue weighted by atomic mass is 79.9. The predicted molar refractivity (Wildman–Crippen MR) is 114 cm³/mol. The minimum Gasteiger partial charge on any atom is -0.457 e. The topological polar surface area (TPSA) is 46.6 Å². The maximum Gasteiger partial charge on any atom is 0.238 e. The van der Waals surface area contributed by atoms with Crippen LogP contribution in [0.15, 0.2) is 48.5 Å². The van der Waals surface area contributed by atoms with Crippen molar-refractivity contribution < 1.29 is 14.3 Å². The van der Waals surface area contributed by atoms with Crippen molar-refractivity contribution in [1.29, 1.82) is 0 Å². The fourth-order valence-corrected chi connectivity index (χ4v) is 6.90. The number of alkyl halides is 2. The summed E-state index contributed by atoms with van der Waals surface area (Å²) < 4.78 is 5.79. The molecule has 1 heterocycles. The lowest BCUT2D eigenvalue weighted by Gasteiger charge is -2.28. The van der Waals surface area contributed by atoms with Gasteiger partial charge in [0.2, 0.25) is 11.8 Å². The molecule has 0 unspecified atom stereocenters. The first-order valence-corrected chi connectivity index (χ1v) is 11.4. The van der Waals surface area contributed by atoms with Crippen molar-refractivity contribution in [2.75, 3.05) is 4.90 Å². The fourth-order valence-electron chi connectivity index (χ4n) is 4.91. The molecule has 5 rings (SSSR count). The molecule has 0 radical (unpaired) electrons. The molecule has 2 saturated carbocycles. The Morgan fingerprint density at radius 3 is 1.79 bits per heavy atom. The molecule has 2 aromatic rings. The smallest absolute Gasteiger partial charge is 0.238 e. The number of ether oxygens (including phenoxy) is 1. The lowest BCUT2D eigenvalue weighted by molar-refractivity contribution is -0.123. The van der Waals surface area contributed by atoms with Crippen molar-refractivity contribution in [3.63, 3.8) is 0 Å². The molecular weight excluding hydrogens is 509 g/mol. The number of imide groups is 1. The number of nitrogens with zero attached hydrogens (tertiary/aromatic N) is 1. The van der Waals surface area contributed by atoms with Gasteiger partial charge in [0.1, 0.15) is 11.5 Å². The highest BCUT2D eigenvalue weighted by Crippen LogP contribution is 2.60. The summed E-state index contributed by atoms with van der Waals surface area (Å²) >= 11 is 13.3. The summed E-state index contributed by atoms with van der Waals surface area (Å²) in [6.45, 7) is 0. The zero-order valence-corrected chi connectivity index (χ0v) is 18.5. The van der Waals surface area contributed by atoms with Crippen molar-refractivity contribution in [1.82, 2.24) is 0 Å². The number of amides is 2. The molecule has 0 spiro atoms. The van der Waals surface area contributed by atoms with Gasteiger partial charge in [-0.1, -0.05) is 43.5 Å². The Balaban J connectivity index is 1.37. The molecule has 2 aromatic carbocycles. The van der Waals surface area contributed by atoms with Crippen LogP contribution in [0.4, 0.5) is 5.69 Å². The molecule has 28 heavy (non-hydrogen) atoms. The third kappa shape index (κ3) is 2.76. The van der Waals surface area contributed by atoms with Crippen LogP contribution in [0.5, 0.6) is 11.5 Å². The zero-order chi connectivity index (χ0) is 19.6. The van der Waals surface area contributed by atoms with E-state index in [0.29, 0.717) is 22.2 Å². The Hall–Kier alpha value is -1.37. The van der Waals surface area contributed by atoms with Gasteiger partial charge in [-0.3, -0.25) is 14.5 Å². The SMILES string of the molecule is O=C1[C@@H]2[C@H]3C[C@@H]([C@@H](Br)[C@H]3Br)[C@H]2C(=O)N1c1ccc(Oc2ccc(Cl)cc2)cc1. The summed E-state index contributed by atoms with van der Waals surface area (Å²) in [7, 11) is 0. The second-order valence-corrected chi connectivity index (χ2v) is 10.1. The second kappa shape index (κ2) is 6.85. The highest BCUT2D eigenvalue weighted by Gasteiger charge is 2.66. The molecular formula is C21H16Br2ClNO3. The molecule has 3 aliphatic rings. The van der Waals surface area contributed by atoms with Gasteiger partial charge in [-0.2, -0.15) is 0 Å². The van der Waals surface area contributed by atoms with E-state index in [0.717, 1.165) is 6.42 Å². The molecule has 3 fully saturated rings. The zero-order valence-electron chi connectivity index (χ0n) is 14.6. The van der Waals surface area contributed by atoms with Gasteiger partial charge in [-0.05, 0) is 66.8 Å². The monoisotopic (exact) mass is 523 g/mol. The largest absolute Gasteiger partial charge is 0.457 e. The molecule has 1 aliphatic heterocycles. The molecule has 144 valence electrons. The lowest BCUT2D eigenvalue weighted by Crippen LogP contribution is -2.37. The van der Waals surface area contributed by atoms with E-state index in [9.17, 15) is 9.59 Å². The molecule has 0 N–H and O–H groups in total. The van der Waals surface area contributed by atoms with E-state index >= 15 is 0 Å². The van der Waals surface area contributed by atoms with E-state index in [1.165, 1.54) is 4.90 Å². The van der Waals surface area contributed by atoms with Crippen molar-refractivity contribution in [2.24, 2.45) is 23.7 Å².